The summed E-state index contributed by atoms with van der Waals surface area (Å²) in [4.78, 5) is 29.8. The number of carbonyl (C=O) groups excluding carboxylic acids is 2. The molecule has 1 atom stereocenters. The summed E-state index contributed by atoms with van der Waals surface area (Å²) >= 11 is 0. The van der Waals surface area contributed by atoms with E-state index in [1.807, 2.05) is 42.2 Å². The first kappa shape index (κ1) is 22.6. The predicted molar refractivity (Wildman–Crippen MR) is 125 cm³/mol. The van der Waals surface area contributed by atoms with Crippen molar-refractivity contribution in [2.24, 2.45) is 0 Å². The minimum Gasteiger partial charge on any atom is -0.479 e. The summed E-state index contributed by atoms with van der Waals surface area (Å²) in [7, 11) is 1.52. The smallest absolute Gasteiger partial charge is 0.254 e. The van der Waals surface area contributed by atoms with Crippen molar-refractivity contribution in [1.82, 2.24) is 15.0 Å². The number of aromatic nitrogens is 1. The van der Waals surface area contributed by atoms with Gasteiger partial charge in [0.2, 0.25) is 11.8 Å². The van der Waals surface area contributed by atoms with Gasteiger partial charge in [0.05, 0.1) is 7.11 Å². The molecule has 33 heavy (non-hydrogen) atoms. The molecule has 7 heteroatoms. The van der Waals surface area contributed by atoms with Gasteiger partial charge >= 0.3 is 0 Å². The molecule has 1 aliphatic heterocycles. The lowest BCUT2D eigenvalue weighted by molar-refractivity contribution is -0.151. The quantitative estimate of drug-likeness (QED) is 0.528. The van der Waals surface area contributed by atoms with Gasteiger partial charge in [0.1, 0.15) is 11.8 Å². The predicted octanol–water partition coefficient (Wildman–Crippen LogP) is 3.58. The maximum Gasteiger partial charge on any atom is 0.254 e. The number of carbonyl (C=O) groups is 2. The molecule has 172 valence electrons. The van der Waals surface area contributed by atoms with E-state index in [0.29, 0.717) is 44.1 Å². The zero-order valence-corrected chi connectivity index (χ0v) is 19.1. The molecule has 0 N–H and O–H groups in total. The fourth-order valence-corrected chi connectivity index (χ4v) is 4.22. The summed E-state index contributed by atoms with van der Waals surface area (Å²) < 4.78 is 10.2. The van der Waals surface area contributed by atoms with E-state index in [-0.39, 0.29) is 18.2 Å². The fourth-order valence-electron chi connectivity index (χ4n) is 4.22. The van der Waals surface area contributed by atoms with Crippen LogP contribution >= 0.6 is 0 Å². The number of methoxy groups -OCH3 is 1. The first-order chi connectivity index (χ1) is 16.1. The maximum atomic E-state index is 13.2. The Labute approximate surface area is 193 Å². The molecule has 1 aromatic heterocycles. The molecular formula is C26H29N3O4. The second-order valence-corrected chi connectivity index (χ2v) is 8.12. The van der Waals surface area contributed by atoms with Crippen LogP contribution in [0.5, 0.6) is 5.88 Å². The highest BCUT2D eigenvalue weighted by Gasteiger charge is 2.36. The normalized spacial score (nSPS) is 16.2. The number of hydrogen-bond donors (Lipinski definition) is 0. The second-order valence-electron chi connectivity index (χ2n) is 8.12. The van der Waals surface area contributed by atoms with E-state index < -0.39 is 6.04 Å². The molecule has 2 heterocycles. The van der Waals surface area contributed by atoms with Gasteiger partial charge in [0.25, 0.3) is 5.88 Å². The molecule has 0 spiro atoms. The standard InChI is InChI=1S/C26H29N3O4/c1-3-28-15-16-29(25(30)14-13-22-18-24(32-2)27-33-22)23(26(28)31)17-19-9-11-21(12-10-19)20-7-5-4-6-8-20/h4-12,18,23H,3,13-17H2,1-2H3/t23-/m1/s1. The molecule has 7 nitrogen and oxygen atoms in total. The maximum absolute atomic E-state index is 13.2. The largest absolute Gasteiger partial charge is 0.479 e. The molecule has 1 saturated heterocycles. The molecule has 0 radical (unpaired) electrons. The zero-order valence-electron chi connectivity index (χ0n) is 19.1. The number of nitrogens with zero attached hydrogens (tertiary/aromatic N) is 3. The van der Waals surface area contributed by atoms with E-state index in [4.69, 9.17) is 9.26 Å². The van der Waals surface area contributed by atoms with Gasteiger partial charge < -0.3 is 19.1 Å². The number of piperazine rings is 1. The molecule has 2 aromatic carbocycles. The Balaban J connectivity index is 1.47. The lowest BCUT2D eigenvalue weighted by Gasteiger charge is -2.40. The Hall–Kier alpha value is -3.61. The van der Waals surface area contributed by atoms with Crippen LogP contribution in [0.4, 0.5) is 0 Å². The van der Waals surface area contributed by atoms with Gasteiger partial charge in [-0.3, -0.25) is 9.59 Å². The topological polar surface area (TPSA) is 75.9 Å². The summed E-state index contributed by atoms with van der Waals surface area (Å²) in [5.41, 5.74) is 3.31. The van der Waals surface area contributed by atoms with Crippen molar-refractivity contribution in [1.29, 1.82) is 0 Å². The monoisotopic (exact) mass is 447 g/mol. The van der Waals surface area contributed by atoms with E-state index in [1.165, 1.54) is 7.11 Å². The van der Waals surface area contributed by atoms with Gasteiger partial charge in [-0.05, 0) is 28.8 Å². The third-order valence-electron chi connectivity index (χ3n) is 6.11. The molecule has 2 amide bonds. The van der Waals surface area contributed by atoms with Crippen LogP contribution in [0.3, 0.4) is 0 Å². The van der Waals surface area contributed by atoms with Crippen LogP contribution in [0.1, 0.15) is 24.7 Å². The van der Waals surface area contributed by atoms with Gasteiger partial charge in [0.15, 0.2) is 0 Å². The number of likely N-dealkylation sites (N-methyl/N-ethyl adjacent to an activating group) is 1. The number of ether oxygens (including phenoxy) is 1. The molecule has 1 fully saturated rings. The SMILES string of the molecule is CCN1CCN(C(=O)CCc2cc(OC)no2)[C@H](Cc2ccc(-c3ccccc3)cc2)C1=O. The Morgan fingerprint density at radius 3 is 2.48 bits per heavy atom. The Morgan fingerprint density at radius 1 is 1.09 bits per heavy atom. The van der Waals surface area contributed by atoms with Crippen LogP contribution in [-0.2, 0) is 22.4 Å². The number of rotatable bonds is 8. The summed E-state index contributed by atoms with van der Waals surface area (Å²) in [6, 6.07) is 19.6. The summed E-state index contributed by atoms with van der Waals surface area (Å²) in [5.74, 6) is 0.929. The number of amides is 2. The van der Waals surface area contributed by atoms with Crippen LogP contribution in [0.15, 0.2) is 65.2 Å². The summed E-state index contributed by atoms with van der Waals surface area (Å²) in [5, 5.41) is 3.78. The minimum absolute atomic E-state index is 0.00516. The lowest BCUT2D eigenvalue weighted by atomic mass is 9.98. The van der Waals surface area contributed by atoms with Crippen LogP contribution in [-0.4, -0.2) is 59.6 Å². The Kier molecular flexibility index (Phi) is 7.07. The fraction of sp³-hybridized carbons (Fsp3) is 0.346. The summed E-state index contributed by atoms with van der Waals surface area (Å²) in [6.45, 7) is 3.70. The van der Waals surface area contributed by atoms with Crippen LogP contribution in [0.2, 0.25) is 0 Å². The zero-order chi connectivity index (χ0) is 23.2. The average molecular weight is 448 g/mol. The van der Waals surface area contributed by atoms with Crippen molar-refractivity contribution < 1.29 is 18.8 Å². The lowest BCUT2D eigenvalue weighted by Crippen LogP contribution is -2.59. The first-order valence-electron chi connectivity index (χ1n) is 11.3. The first-order valence-corrected chi connectivity index (χ1v) is 11.3. The second kappa shape index (κ2) is 10.3. The van der Waals surface area contributed by atoms with E-state index >= 15 is 0 Å². The van der Waals surface area contributed by atoms with Gasteiger partial charge in [-0.2, -0.15) is 0 Å². The highest BCUT2D eigenvalue weighted by molar-refractivity contribution is 5.89. The molecule has 0 saturated carbocycles. The Bertz CT molecular complexity index is 1080. The molecular weight excluding hydrogens is 418 g/mol. The van der Waals surface area contributed by atoms with E-state index in [1.54, 1.807) is 11.0 Å². The van der Waals surface area contributed by atoms with Crippen LogP contribution in [0.25, 0.3) is 11.1 Å². The van der Waals surface area contributed by atoms with Gasteiger partial charge in [-0.1, -0.05) is 54.6 Å². The summed E-state index contributed by atoms with van der Waals surface area (Å²) in [6.07, 6.45) is 1.16. The molecule has 3 aromatic rings. The van der Waals surface area contributed by atoms with Crippen LogP contribution in [0, 0.1) is 0 Å². The van der Waals surface area contributed by atoms with Crippen molar-refractivity contribution in [3.63, 3.8) is 0 Å². The third kappa shape index (κ3) is 5.25. The van der Waals surface area contributed by atoms with Crippen LogP contribution < -0.4 is 4.74 Å². The van der Waals surface area contributed by atoms with Crippen molar-refractivity contribution >= 4 is 11.8 Å². The molecule has 4 rings (SSSR count). The Morgan fingerprint density at radius 2 is 1.82 bits per heavy atom. The van der Waals surface area contributed by atoms with Crippen molar-refractivity contribution in [2.75, 3.05) is 26.7 Å². The van der Waals surface area contributed by atoms with E-state index in [2.05, 4.69) is 29.4 Å². The third-order valence-corrected chi connectivity index (χ3v) is 6.11. The van der Waals surface area contributed by atoms with Crippen molar-refractivity contribution in [2.45, 2.75) is 32.2 Å². The molecule has 0 aliphatic carbocycles. The average Bonchev–Trinajstić information content (AvgIpc) is 3.33. The van der Waals surface area contributed by atoms with Gasteiger partial charge in [0, 0.05) is 45.0 Å². The molecule has 0 bridgehead atoms. The van der Waals surface area contributed by atoms with Crippen molar-refractivity contribution in [3.8, 4) is 17.0 Å². The van der Waals surface area contributed by atoms with Gasteiger partial charge in [-0.15, -0.1) is 0 Å². The highest BCUT2D eigenvalue weighted by Crippen LogP contribution is 2.23. The van der Waals surface area contributed by atoms with Crippen molar-refractivity contribution in [3.05, 3.63) is 72.0 Å². The molecule has 1 aliphatic rings. The molecule has 0 unspecified atom stereocenters. The van der Waals surface area contributed by atoms with Gasteiger partial charge in [-0.25, -0.2) is 0 Å². The highest BCUT2D eigenvalue weighted by atomic mass is 16.5. The van der Waals surface area contributed by atoms with E-state index in [9.17, 15) is 9.59 Å². The minimum atomic E-state index is -0.502. The number of hydrogen-bond acceptors (Lipinski definition) is 5. The number of benzene rings is 2. The van der Waals surface area contributed by atoms with E-state index in [0.717, 1.165) is 16.7 Å². The number of aryl methyl sites for hydroxylation is 1.